The summed E-state index contributed by atoms with van der Waals surface area (Å²) in [5, 5.41) is 22.8. The van der Waals surface area contributed by atoms with Crippen LogP contribution in [0.1, 0.15) is 0 Å². The Kier molecular flexibility index (Phi) is 3.06. The first-order chi connectivity index (χ1) is 5.77. The van der Waals surface area contributed by atoms with E-state index in [4.69, 9.17) is 10.9 Å². The molecular weight excluding hydrogens is 162 g/mol. The van der Waals surface area contributed by atoms with E-state index in [-0.39, 0.29) is 4.97 Å². The van der Waals surface area contributed by atoms with E-state index in [9.17, 15) is 5.21 Å². The second-order valence-electron chi connectivity index (χ2n) is 2.60. The highest BCUT2D eigenvalue weighted by molar-refractivity contribution is 4.64. The Labute approximate surface area is 70.2 Å². The van der Waals surface area contributed by atoms with E-state index in [1.165, 1.54) is 5.01 Å². The average molecular weight is 175 g/mol. The van der Waals surface area contributed by atoms with Crippen LogP contribution in [0.5, 0.6) is 0 Å². The van der Waals surface area contributed by atoms with Gasteiger partial charge in [0.2, 0.25) is 5.28 Å². The van der Waals surface area contributed by atoms with Gasteiger partial charge in [-0.25, -0.2) is 0 Å². The van der Waals surface area contributed by atoms with Crippen molar-refractivity contribution in [3.05, 3.63) is 5.21 Å². The molecule has 0 atom stereocenters. The smallest absolute Gasteiger partial charge is 0.230 e. The normalized spacial score (nSPS) is 21.4. The lowest BCUT2D eigenvalue weighted by Gasteiger charge is -2.29. The summed E-state index contributed by atoms with van der Waals surface area (Å²) in [6, 6.07) is 0. The third-order valence-electron chi connectivity index (χ3n) is 1.93. The van der Waals surface area contributed by atoms with Crippen LogP contribution in [0, 0.1) is 5.21 Å². The summed E-state index contributed by atoms with van der Waals surface area (Å²) >= 11 is 0. The SMILES string of the molecule is NCN1CCN(/[N+]([O-])=N/O)CC1. The molecule has 7 nitrogen and oxygen atoms in total. The van der Waals surface area contributed by atoms with Gasteiger partial charge in [-0.05, 0) is 0 Å². The monoisotopic (exact) mass is 175 g/mol. The molecule has 0 aromatic rings. The zero-order chi connectivity index (χ0) is 8.97. The Morgan fingerprint density at radius 2 is 2.00 bits per heavy atom. The van der Waals surface area contributed by atoms with Crippen LogP contribution >= 0.6 is 0 Å². The van der Waals surface area contributed by atoms with Crippen LogP contribution < -0.4 is 5.73 Å². The van der Waals surface area contributed by atoms with Crippen LogP contribution in [-0.4, -0.2) is 52.9 Å². The number of hydrazine groups is 1. The van der Waals surface area contributed by atoms with E-state index >= 15 is 0 Å². The quantitative estimate of drug-likeness (QED) is 0.312. The lowest BCUT2D eigenvalue weighted by molar-refractivity contribution is -0.711. The van der Waals surface area contributed by atoms with Gasteiger partial charge in [0.1, 0.15) is 0 Å². The Bertz CT molecular complexity index is 165. The van der Waals surface area contributed by atoms with Crippen molar-refractivity contribution in [2.24, 2.45) is 11.0 Å². The number of nitrogens with zero attached hydrogens (tertiary/aromatic N) is 4. The number of hydrogen-bond donors (Lipinski definition) is 2. The number of piperazine rings is 1. The fraction of sp³-hybridized carbons (Fsp3) is 1.00. The zero-order valence-electron chi connectivity index (χ0n) is 6.76. The van der Waals surface area contributed by atoms with Crippen LogP contribution in [0.2, 0.25) is 0 Å². The molecule has 3 N–H and O–H groups in total. The van der Waals surface area contributed by atoms with Crippen LogP contribution in [0.3, 0.4) is 0 Å². The minimum absolute atomic E-state index is 0.202. The molecule has 0 saturated carbocycles. The highest BCUT2D eigenvalue weighted by Crippen LogP contribution is 1.99. The standard InChI is InChI=1S/C5H13N5O2/c6-5-8-1-3-9(4-2-8)10(12)7-11/h11H,1-6H2/b10-7-. The second kappa shape index (κ2) is 4.07. The molecule has 0 unspecified atom stereocenters. The summed E-state index contributed by atoms with van der Waals surface area (Å²) in [7, 11) is 0. The van der Waals surface area contributed by atoms with Gasteiger partial charge in [-0.1, -0.05) is 0 Å². The van der Waals surface area contributed by atoms with E-state index in [0.29, 0.717) is 19.8 Å². The first-order valence-corrected chi connectivity index (χ1v) is 3.77. The fourth-order valence-electron chi connectivity index (χ4n) is 1.15. The van der Waals surface area contributed by atoms with Crippen molar-refractivity contribution in [1.29, 1.82) is 0 Å². The van der Waals surface area contributed by atoms with Crippen molar-refractivity contribution in [2.45, 2.75) is 0 Å². The van der Waals surface area contributed by atoms with Gasteiger partial charge in [-0.15, -0.1) is 5.01 Å². The van der Waals surface area contributed by atoms with Crippen LogP contribution in [0.25, 0.3) is 0 Å². The van der Waals surface area contributed by atoms with E-state index in [2.05, 4.69) is 5.28 Å². The third kappa shape index (κ3) is 1.95. The summed E-state index contributed by atoms with van der Waals surface area (Å²) in [5.41, 5.74) is 5.40. The second-order valence-corrected chi connectivity index (χ2v) is 2.60. The Morgan fingerprint density at radius 3 is 2.42 bits per heavy atom. The minimum atomic E-state index is 0.202. The van der Waals surface area contributed by atoms with Crippen LogP contribution in [-0.2, 0) is 0 Å². The number of nitrogens with two attached hydrogens (primary N) is 1. The maximum Gasteiger partial charge on any atom is 0.230 e. The third-order valence-corrected chi connectivity index (χ3v) is 1.93. The Hall–Kier alpha value is -1.08. The van der Waals surface area contributed by atoms with Gasteiger partial charge in [0.25, 0.3) is 0 Å². The molecule has 70 valence electrons. The van der Waals surface area contributed by atoms with Crippen molar-refractivity contribution < 1.29 is 10.2 Å². The van der Waals surface area contributed by atoms with E-state index in [1.54, 1.807) is 0 Å². The topological polar surface area (TPSA) is 91.2 Å². The molecule has 0 radical (unpaired) electrons. The highest BCUT2D eigenvalue weighted by Gasteiger charge is 2.20. The molecule has 0 spiro atoms. The first kappa shape index (κ1) is 9.01. The van der Waals surface area contributed by atoms with Gasteiger partial charge in [0.15, 0.2) is 0 Å². The lowest BCUT2D eigenvalue weighted by atomic mass is 10.4. The van der Waals surface area contributed by atoms with Crippen LogP contribution in [0.4, 0.5) is 0 Å². The van der Waals surface area contributed by atoms with Crippen LogP contribution in [0.15, 0.2) is 5.28 Å². The maximum absolute atomic E-state index is 10.7. The van der Waals surface area contributed by atoms with E-state index < -0.39 is 0 Å². The Balaban J connectivity index is 2.36. The molecule has 7 heteroatoms. The molecule has 1 saturated heterocycles. The molecule has 1 fully saturated rings. The highest BCUT2D eigenvalue weighted by atomic mass is 16.6. The van der Waals surface area contributed by atoms with Crippen molar-refractivity contribution in [1.82, 2.24) is 9.91 Å². The summed E-state index contributed by atoms with van der Waals surface area (Å²) in [6.45, 7) is 3.05. The minimum Gasteiger partial charge on any atom is -0.569 e. The first-order valence-electron chi connectivity index (χ1n) is 3.77. The number of hydrogen-bond acceptors (Lipinski definition) is 4. The molecule has 0 bridgehead atoms. The summed E-state index contributed by atoms with van der Waals surface area (Å²) in [4.78, 5) is 2.22. The maximum atomic E-state index is 10.7. The predicted octanol–water partition coefficient (Wildman–Crippen LogP) is -1.21. The zero-order valence-corrected chi connectivity index (χ0v) is 6.76. The summed E-state index contributed by atoms with van der Waals surface area (Å²) in [6.07, 6.45) is 0. The molecule has 0 aromatic heterocycles. The van der Waals surface area contributed by atoms with Crippen molar-refractivity contribution in [2.75, 3.05) is 32.8 Å². The van der Waals surface area contributed by atoms with Gasteiger partial charge in [-0.3, -0.25) is 4.90 Å². The van der Waals surface area contributed by atoms with Crippen molar-refractivity contribution >= 4 is 0 Å². The van der Waals surface area contributed by atoms with Gasteiger partial charge < -0.3 is 16.1 Å². The molecule has 0 amide bonds. The molecule has 0 aromatic carbocycles. The largest absolute Gasteiger partial charge is 0.569 e. The molecule has 0 aliphatic carbocycles. The van der Waals surface area contributed by atoms with E-state index in [1.807, 2.05) is 4.90 Å². The molecule has 1 aliphatic rings. The lowest BCUT2D eigenvalue weighted by Crippen LogP contribution is -2.50. The fourth-order valence-corrected chi connectivity index (χ4v) is 1.15. The van der Waals surface area contributed by atoms with Crippen molar-refractivity contribution in [3.63, 3.8) is 0 Å². The van der Waals surface area contributed by atoms with Gasteiger partial charge >= 0.3 is 0 Å². The Morgan fingerprint density at radius 1 is 1.42 bits per heavy atom. The van der Waals surface area contributed by atoms with Gasteiger partial charge in [0, 0.05) is 19.8 Å². The van der Waals surface area contributed by atoms with Gasteiger partial charge in [0.05, 0.1) is 18.1 Å². The molecule has 1 aliphatic heterocycles. The van der Waals surface area contributed by atoms with Crippen molar-refractivity contribution in [3.8, 4) is 0 Å². The molecular formula is C5H13N5O2. The predicted molar refractivity (Wildman–Crippen MR) is 40.0 cm³/mol. The average Bonchev–Trinajstić information content (AvgIpc) is 2.17. The number of rotatable bonds is 2. The van der Waals surface area contributed by atoms with Gasteiger partial charge in [-0.2, -0.15) is 0 Å². The summed E-state index contributed by atoms with van der Waals surface area (Å²) in [5.74, 6) is 0. The van der Waals surface area contributed by atoms with E-state index in [0.717, 1.165) is 13.1 Å². The molecule has 12 heavy (non-hydrogen) atoms. The summed E-state index contributed by atoms with van der Waals surface area (Å²) < 4.78 is 0. The molecule has 1 rings (SSSR count). The molecule has 1 heterocycles.